The Hall–Kier alpha value is -4.16. The average molecular weight is 540 g/mol. The number of hydrogen-bond acceptors (Lipinski definition) is 11. The molecule has 1 aromatic heterocycles. The number of hydrogen-bond donors (Lipinski definition) is 6. The predicted octanol–water partition coefficient (Wildman–Crippen LogP) is 2.63. The van der Waals surface area contributed by atoms with E-state index in [1.165, 1.54) is 12.1 Å². The Morgan fingerprint density at radius 3 is 2.10 bits per heavy atom. The molecule has 0 spiro atoms. The van der Waals surface area contributed by atoms with Gasteiger partial charge in [-0.05, 0) is 50.1 Å². The molecular formula is C27H37N7O5. The fraction of sp³-hybridized carbons (Fsp3) is 0.407. The number of rotatable bonds is 17. The van der Waals surface area contributed by atoms with Gasteiger partial charge in [0.25, 0.3) is 5.91 Å². The second-order valence-electron chi connectivity index (χ2n) is 8.88. The number of phenols is 2. The molecular weight excluding hydrogens is 502 g/mol. The van der Waals surface area contributed by atoms with Crippen molar-refractivity contribution in [3.8, 4) is 11.5 Å². The highest BCUT2D eigenvalue weighted by Crippen LogP contribution is 2.25. The topological polar surface area (TPSA) is 163 Å². The Morgan fingerprint density at radius 1 is 0.795 bits per heavy atom. The fourth-order valence-electron chi connectivity index (χ4n) is 3.39. The number of anilines is 3. The Kier molecular flexibility index (Phi) is 12.0. The zero-order valence-corrected chi connectivity index (χ0v) is 22.3. The van der Waals surface area contributed by atoms with Gasteiger partial charge in [-0.15, -0.1) is 0 Å². The van der Waals surface area contributed by atoms with E-state index in [1.54, 1.807) is 18.2 Å². The summed E-state index contributed by atoms with van der Waals surface area (Å²) in [4.78, 5) is 25.2. The number of nitrogens with one attached hydrogen (secondary N) is 4. The molecule has 0 aliphatic rings. The molecule has 0 unspecified atom stereocenters. The van der Waals surface area contributed by atoms with Crippen molar-refractivity contribution in [1.82, 2.24) is 20.3 Å². The van der Waals surface area contributed by atoms with Crippen LogP contribution < -0.4 is 21.3 Å². The second-order valence-corrected chi connectivity index (χ2v) is 8.88. The zero-order valence-electron chi connectivity index (χ0n) is 22.3. The minimum absolute atomic E-state index is 0.123. The number of benzene rings is 2. The summed E-state index contributed by atoms with van der Waals surface area (Å²) in [7, 11) is 0. The summed E-state index contributed by atoms with van der Waals surface area (Å²) in [5, 5.41) is 31.4. The maximum absolute atomic E-state index is 12.0. The lowest BCUT2D eigenvalue weighted by atomic mass is 10.1. The smallest absolute Gasteiger partial charge is 0.251 e. The van der Waals surface area contributed by atoms with Crippen LogP contribution in [0.5, 0.6) is 11.5 Å². The molecule has 0 saturated carbocycles. The van der Waals surface area contributed by atoms with Crippen molar-refractivity contribution >= 4 is 23.8 Å². The van der Waals surface area contributed by atoms with Crippen LogP contribution in [0.4, 0.5) is 17.8 Å². The minimum Gasteiger partial charge on any atom is -0.504 e. The van der Waals surface area contributed by atoms with Crippen molar-refractivity contribution in [3.05, 3.63) is 59.7 Å². The van der Waals surface area contributed by atoms with Crippen LogP contribution in [0.1, 0.15) is 29.8 Å². The summed E-state index contributed by atoms with van der Waals surface area (Å²) in [6, 6.07) is 13.9. The molecule has 12 heteroatoms. The normalized spacial score (nSPS) is 10.8. The Balaban J connectivity index is 1.33. The van der Waals surface area contributed by atoms with Gasteiger partial charge in [-0.3, -0.25) is 4.79 Å². The summed E-state index contributed by atoms with van der Waals surface area (Å²) < 4.78 is 11.1. The first-order valence-electron chi connectivity index (χ1n) is 12.9. The van der Waals surface area contributed by atoms with E-state index in [0.29, 0.717) is 75.9 Å². The number of amides is 1. The summed E-state index contributed by atoms with van der Waals surface area (Å²) in [5.41, 5.74) is 1.49. The highest BCUT2D eigenvalue weighted by molar-refractivity contribution is 5.94. The van der Waals surface area contributed by atoms with E-state index in [2.05, 4.69) is 36.2 Å². The summed E-state index contributed by atoms with van der Waals surface area (Å²) >= 11 is 0. The van der Waals surface area contributed by atoms with Gasteiger partial charge in [0.2, 0.25) is 17.8 Å². The predicted molar refractivity (Wildman–Crippen MR) is 149 cm³/mol. The van der Waals surface area contributed by atoms with E-state index in [1.807, 2.05) is 32.0 Å². The maximum Gasteiger partial charge on any atom is 0.251 e. The fourth-order valence-corrected chi connectivity index (χ4v) is 3.39. The monoisotopic (exact) mass is 539 g/mol. The lowest BCUT2D eigenvalue weighted by Gasteiger charge is -2.13. The standard InChI is InChI=1S/C27H37N7O5/c1-19(2)31-27-33-25(29-11-10-20-8-9-22(35)23(36)18-20)32-26(34-27)30-13-15-39-17-16-38-14-12-28-24(37)21-6-4-3-5-7-21/h3-9,18-19,35-36H,10-17H2,1-2H3,(H,28,37)(H3,29,30,31,32,33,34). The first kappa shape index (κ1) is 29.4. The Labute approximate surface area is 228 Å². The van der Waals surface area contributed by atoms with Gasteiger partial charge in [0, 0.05) is 31.2 Å². The summed E-state index contributed by atoms with van der Waals surface area (Å²) in [5.74, 6) is 0.844. The van der Waals surface area contributed by atoms with Crippen molar-refractivity contribution < 1.29 is 24.5 Å². The van der Waals surface area contributed by atoms with Gasteiger partial charge < -0.3 is 41.0 Å². The SMILES string of the molecule is CC(C)Nc1nc(NCCOCCOCCNC(=O)c2ccccc2)nc(NCCc2ccc(O)c(O)c2)n1. The van der Waals surface area contributed by atoms with Crippen LogP contribution in [0, 0.1) is 0 Å². The van der Waals surface area contributed by atoms with Gasteiger partial charge >= 0.3 is 0 Å². The highest BCUT2D eigenvalue weighted by Gasteiger charge is 2.08. The minimum atomic E-state index is -0.149. The molecule has 0 atom stereocenters. The van der Waals surface area contributed by atoms with E-state index < -0.39 is 0 Å². The van der Waals surface area contributed by atoms with Gasteiger partial charge in [-0.1, -0.05) is 24.3 Å². The lowest BCUT2D eigenvalue weighted by Crippen LogP contribution is -2.27. The van der Waals surface area contributed by atoms with Crippen LogP contribution in [0.25, 0.3) is 0 Å². The third kappa shape index (κ3) is 11.0. The van der Waals surface area contributed by atoms with Gasteiger partial charge in [0.05, 0.1) is 26.4 Å². The van der Waals surface area contributed by atoms with E-state index >= 15 is 0 Å². The quantitative estimate of drug-likeness (QED) is 0.110. The molecule has 39 heavy (non-hydrogen) atoms. The Morgan fingerprint density at radius 2 is 1.44 bits per heavy atom. The molecule has 0 fully saturated rings. The molecule has 6 N–H and O–H groups in total. The molecule has 2 aromatic carbocycles. The first-order chi connectivity index (χ1) is 18.9. The van der Waals surface area contributed by atoms with Gasteiger partial charge in [0.1, 0.15) is 0 Å². The van der Waals surface area contributed by atoms with E-state index in [9.17, 15) is 15.0 Å². The van der Waals surface area contributed by atoms with Crippen LogP contribution in [0.3, 0.4) is 0 Å². The van der Waals surface area contributed by atoms with Gasteiger partial charge in [0.15, 0.2) is 11.5 Å². The van der Waals surface area contributed by atoms with Crippen molar-refractivity contribution in [3.63, 3.8) is 0 Å². The van der Waals surface area contributed by atoms with E-state index in [0.717, 1.165) is 5.56 Å². The van der Waals surface area contributed by atoms with Crippen LogP contribution in [0.15, 0.2) is 48.5 Å². The molecule has 1 amide bonds. The molecule has 0 aliphatic carbocycles. The molecule has 0 bridgehead atoms. The number of carbonyl (C=O) groups is 1. The van der Waals surface area contributed by atoms with Crippen molar-refractivity contribution in [2.24, 2.45) is 0 Å². The molecule has 0 radical (unpaired) electrons. The molecule has 1 heterocycles. The third-order valence-electron chi connectivity index (χ3n) is 5.26. The van der Waals surface area contributed by atoms with Crippen LogP contribution in [-0.2, 0) is 15.9 Å². The molecule has 210 valence electrons. The number of aromatic nitrogens is 3. The Bertz CT molecular complexity index is 1160. The largest absolute Gasteiger partial charge is 0.504 e. The van der Waals surface area contributed by atoms with E-state index in [4.69, 9.17) is 9.47 Å². The lowest BCUT2D eigenvalue weighted by molar-refractivity contribution is 0.0519. The summed E-state index contributed by atoms with van der Waals surface area (Å²) in [6.45, 7) is 7.10. The van der Waals surface area contributed by atoms with Gasteiger partial charge in [-0.2, -0.15) is 15.0 Å². The van der Waals surface area contributed by atoms with Crippen LogP contribution in [-0.4, -0.2) is 83.2 Å². The van der Waals surface area contributed by atoms with Crippen molar-refractivity contribution in [1.29, 1.82) is 0 Å². The van der Waals surface area contributed by atoms with Crippen LogP contribution in [0.2, 0.25) is 0 Å². The number of nitrogens with zero attached hydrogens (tertiary/aromatic N) is 3. The number of aromatic hydroxyl groups is 2. The number of carbonyl (C=O) groups excluding carboxylic acids is 1. The average Bonchev–Trinajstić information content (AvgIpc) is 2.91. The number of phenolic OH excluding ortho intramolecular Hbond substituents is 2. The maximum atomic E-state index is 12.0. The van der Waals surface area contributed by atoms with Crippen LogP contribution >= 0.6 is 0 Å². The second kappa shape index (κ2) is 15.9. The highest BCUT2D eigenvalue weighted by atomic mass is 16.5. The molecule has 3 aromatic rings. The summed E-state index contributed by atoms with van der Waals surface area (Å²) in [6.07, 6.45) is 0.602. The van der Waals surface area contributed by atoms with Crippen molar-refractivity contribution in [2.45, 2.75) is 26.3 Å². The molecule has 12 nitrogen and oxygen atoms in total. The first-order valence-corrected chi connectivity index (χ1v) is 12.9. The molecule has 0 saturated heterocycles. The van der Waals surface area contributed by atoms with E-state index in [-0.39, 0.29) is 23.4 Å². The van der Waals surface area contributed by atoms with Gasteiger partial charge in [-0.25, -0.2) is 0 Å². The zero-order chi connectivity index (χ0) is 27.9. The third-order valence-corrected chi connectivity index (χ3v) is 5.26. The van der Waals surface area contributed by atoms with Crippen molar-refractivity contribution in [2.75, 3.05) is 62.0 Å². The molecule has 0 aliphatic heterocycles. The number of ether oxygens (including phenoxy) is 2. The molecule has 3 rings (SSSR count).